The maximum absolute atomic E-state index is 12.2. The normalized spacial score (nSPS) is 10.5. The van der Waals surface area contributed by atoms with Crippen LogP contribution in [0.1, 0.15) is 12.0 Å². The smallest absolute Gasteiger partial charge is 0.269 e. The Labute approximate surface area is 77.3 Å². The van der Waals surface area contributed by atoms with Crippen molar-refractivity contribution in [2.24, 2.45) is 0 Å². The maximum Gasteiger partial charge on any atom is 0.269 e. The van der Waals surface area contributed by atoms with Gasteiger partial charge in [-0.1, -0.05) is 11.6 Å². The van der Waals surface area contributed by atoms with Crippen LogP contribution >= 0.6 is 11.6 Å². The van der Waals surface area contributed by atoms with E-state index in [1.54, 1.807) is 0 Å². The van der Waals surface area contributed by atoms with Gasteiger partial charge < -0.3 is 4.74 Å². The first-order chi connectivity index (χ1) is 6.06. The van der Waals surface area contributed by atoms with E-state index in [0.29, 0.717) is 0 Å². The van der Waals surface area contributed by atoms with Crippen molar-refractivity contribution in [3.05, 3.63) is 27.0 Å². The summed E-state index contributed by atoms with van der Waals surface area (Å²) in [6.45, 7) is 0. The lowest BCUT2D eigenvalue weighted by Crippen LogP contribution is -2.10. The third-order valence-corrected chi connectivity index (χ3v) is 1.82. The van der Waals surface area contributed by atoms with Crippen molar-refractivity contribution in [2.75, 3.05) is 7.11 Å². The van der Waals surface area contributed by atoms with Gasteiger partial charge in [0.1, 0.15) is 5.02 Å². The average Bonchev–Trinajstić information content (AvgIpc) is 2.09. The zero-order chi connectivity index (χ0) is 10.0. The van der Waals surface area contributed by atoms with Gasteiger partial charge in [-0.05, 0) is 0 Å². The Hall–Kier alpha value is -1.10. The molecule has 0 bridgehead atoms. The van der Waals surface area contributed by atoms with E-state index in [1.165, 1.54) is 7.11 Å². The van der Waals surface area contributed by atoms with E-state index in [-0.39, 0.29) is 5.88 Å². The summed E-state index contributed by atoms with van der Waals surface area (Å²) in [7, 11) is 1.26. The fraction of sp³-hybridized carbons (Fsp3) is 0.286. The number of aromatic amines is 1. The van der Waals surface area contributed by atoms with Crippen molar-refractivity contribution in [1.29, 1.82) is 0 Å². The molecule has 0 radical (unpaired) electrons. The summed E-state index contributed by atoms with van der Waals surface area (Å²) in [5, 5.41) is -0.504. The molecule has 0 atom stereocenters. The van der Waals surface area contributed by atoms with Gasteiger partial charge in [0.05, 0.1) is 7.11 Å². The summed E-state index contributed by atoms with van der Waals surface area (Å²) in [6.07, 6.45) is -2.79. The number of ether oxygens (including phenoxy) is 1. The highest BCUT2D eigenvalue weighted by Crippen LogP contribution is 2.25. The van der Waals surface area contributed by atoms with Gasteiger partial charge in [-0.2, -0.15) is 0 Å². The van der Waals surface area contributed by atoms with E-state index in [1.807, 2.05) is 0 Å². The lowest BCUT2D eigenvalue weighted by Gasteiger charge is -2.04. The van der Waals surface area contributed by atoms with Crippen molar-refractivity contribution >= 4 is 11.6 Å². The van der Waals surface area contributed by atoms with Gasteiger partial charge in [0, 0.05) is 11.6 Å². The van der Waals surface area contributed by atoms with Crippen LogP contribution in [0.3, 0.4) is 0 Å². The van der Waals surface area contributed by atoms with Crippen molar-refractivity contribution in [3.63, 3.8) is 0 Å². The zero-order valence-corrected chi connectivity index (χ0v) is 7.36. The Morgan fingerprint density at radius 2 is 2.23 bits per heavy atom. The molecule has 0 amide bonds. The number of hydrogen-bond acceptors (Lipinski definition) is 2. The van der Waals surface area contributed by atoms with Crippen LogP contribution in [0.5, 0.6) is 5.88 Å². The van der Waals surface area contributed by atoms with Gasteiger partial charge in [0.2, 0.25) is 0 Å². The number of aromatic nitrogens is 1. The number of alkyl halides is 2. The molecular weight excluding hydrogens is 204 g/mol. The fourth-order valence-corrected chi connectivity index (χ4v) is 0.992. The zero-order valence-electron chi connectivity index (χ0n) is 6.61. The van der Waals surface area contributed by atoms with Crippen molar-refractivity contribution in [3.8, 4) is 5.88 Å². The summed E-state index contributed by atoms with van der Waals surface area (Å²) in [5.41, 5.74) is -1.31. The van der Waals surface area contributed by atoms with Crippen molar-refractivity contribution < 1.29 is 13.5 Å². The van der Waals surface area contributed by atoms with Crippen LogP contribution in [0.15, 0.2) is 10.9 Å². The predicted octanol–water partition coefficient (Wildman–Crippen LogP) is 1.97. The second kappa shape index (κ2) is 3.74. The quantitative estimate of drug-likeness (QED) is 0.809. The Morgan fingerprint density at radius 1 is 1.62 bits per heavy atom. The first kappa shape index (κ1) is 9.98. The molecule has 1 aromatic rings. The molecule has 0 fully saturated rings. The average molecular weight is 210 g/mol. The lowest BCUT2D eigenvalue weighted by molar-refractivity contribution is 0.150. The predicted molar refractivity (Wildman–Crippen MR) is 43.6 cm³/mol. The SMILES string of the molecule is COc1cc(C(F)F)c(Cl)c(=O)[nH]1. The molecule has 3 nitrogen and oxygen atoms in total. The molecule has 0 aliphatic heterocycles. The highest BCUT2D eigenvalue weighted by atomic mass is 35.5. The van der Waals surface area contributed by atoms with Crippen molar-refractivity contribution in [2.45, 2.75) is 6.43 Å². The third-order valence-electron chi connectivity index (χ3n) is 1.43. The molecule has 0 spiro atoms. The number of nitrogens with one attached hydrogen (secondary N) is 1. The molecule has 6 heteroatoms. The number of H-pyrrole nitrogens is 1. The van der Waals surface area contributed by atoms with Gasteiger partial charge >= 0.3 is 0 Å². The highest BCUT2D eigenvalue weighted by Gasteiger charge is 2.16. The minimum Gasteiger partial charge on any atom is -0.482 e. The second-order valence-electron chi connectivity index (χ2n) is 2.24. The third kappa shape index (κ3) is 1.98. The summed E-state index contributed by atoms with van der Waals surface area (Å²) in [4.78, 5) is 13.1. The molecule has 13 heavy (non-hydrogen) atoms. The number of methoxy groups -OCH3 is 1. The van der Waals surface area contributed by atoms with Crippen LogP contribution in [0, 0.1) is 0 Å². The molecule has 1 rings (SSSR count). The number of rotatable bonds is 2. The molecule has 0 aromatic carbocycles. The number of hydrogen-bond donors (Lipinski definition) is 1. The Morgan fingerprint density at radius 3 is 2.69 bits per heavy atom. The molecule has 0 unspecified atom stereocenters. The van der Waals surface area contributed by atoms with Crippen LogP contribution in [-0.4, -0.2) is 12.1 Å². The summed E-state index contributed by atoms with van der Waals surface area (Å²) in [6, 6.07) is 0.994. The van der Waals surface area contributed by atoms with Gasteiger partial charge in [0.15, 0.2) is 5.88 Å². The Kier molecular flexibility index (Phi) is 2.87. The molecular formula is C7H6ClF2NO2. The number of pyridine rings is 1. The van der Waals surface area contributed by atoms with Gasteiger partial charge in [-0.3, -0.25) is 9.78 Å². The van der Waals surface area contributed by atoms with Crippen LogP contribution in [0.25, 0.3) is 0 Å². The lowest BCUT2D eigenvalue weighted by atomic mass is 10.3. The standard InChI is InChI=1S/C7H6ClF2NO2/c1-13-4-2-3(6(9)10)5(8)7(12)11-4/h2,6H,1H3,(H,11,12). The van der Waals surface area contributed by atoms with E-state index >= 15 is 0 Å². The van der Waals surface area contributed by atoms with Crippen LogP contribution in [-0.2, 0) is 0 Å². The fourth-order valence-electron chi connectivity index (χ4n) is 0.807. The second-order valence-corrected chi connectivity index (χ2v) is 2.61. The first-order valence-corrected chi connectivity index (χ1v) is 3.69. The first-order valence-electron chi connectivity index (χ1n) is 3.31. The minimum atomic E-state index is -2.79. The highest BCUT2D eigenvalue weighted by molar-refractivity contribution is 6.31. The van der Waals surface area contributed by atoms with E-state index in [2.05, 4.69) is 9.72 Å². The Bertz CT molecular complexity index is 364. The monoisotopic (exact) mass is 209 g/mol. The maximum atomic E-state index is 12.2. The van der Waals surface area contributed by atoms with E-state index in [0.717, 1.165) is 6.07 Å². The Balaban J connectivity index is 3.33. The summed E-state index contributed by atoms with van der Waals surface area (Å²) < 4.78 is 29.1. The summed E-state index contributed by atoms with van der Waals surface area (Å²) in [5.74, 6) is -0.0373. The molecule has 1 aromatic heterocycles. The van der Waals surface area contributed by atoms with Crippen molar-refractivity contribution in [1.82, 2.24) is 4.98 Å². The van der Waals surface area contributed by atoms with Crippen LogP contribution in [0.4, 0.5) is 8.78 Å². The van der Waals surface area contributed by atoms with Gasteiger partial charge in [-0.25, -0.2) is 8.78 Å². The number of halogens is 3. The van der Waals surface area contributed by atoms with Crippen LogP contribution < -0.4 is 10.3 Å². The molecule has 72 valence electrons. The minimum absolute atomic E-state index is 0.0373. The summed E-state index contributed by atoms with van der Waals surface area (Å²) >= 11 is 5.34. The van der Waals surface area contributed by atoms with E-state index in [4.69, 9.17) is 11.6 Å². The molecule has 0 saturated heterocycles. The molecule has 0 saturated carbocycles. The van der Waals surface area contributed by atoms with Gasteiger partial charge in [0.25, 0.3) is 12.0 Å². The van der Waals surface area contributed by atoms with E-state index < -0.39 is 22.6 Å². The van der Waals surface area contributed by atoms with Gasteiger partial charge in [-0.15, -0.1) is 0 Å². The molecule has 1 N–H and O–H groups in total. The van der Waals surface area contributed by atoms with E-state index in [9.17, 15) is 13.6 Å². The molecule has 0 aliphatic carbocycles. The largest absolute Gasteiger partial charge is 0.482 e. The topological polar surface area (TPSA) is 42.1 Å². The molecule has 0 aliphatic rings. The van der Waals surface area contributed by atoms with Crippen LogP contribution in [0.2, 0.25) is 5.02 Å². The molecule has 1 heterocycles.